The summed E-state index contributed by atoms with van der Waals surface area (Å²) in [6.45, 7) is 13.4. The number of furan rings is 1. The van der Waals surface area contributed by atoms with Gasteiger partial charge in [-0.1, -0.05) is 6.92 Å². The predicted octanol–water partition coefficient (Wildman–Crippen LogP) is 2.27. The molecule has 1 aromatic heterocycles. The number of carbonyl (C=O) groups is 1. The summed E-state index contributed by atoms with van der Waals surface area (Å²) in [5, 5.41) is 14.3. The smallest absolute Gasteiger partial charge is 0.227 e. The Balaban J connectivity index is 1.54. The van der Waals surface area contributed by atoms with Crippen LogP contribution in [0.15, 0.2) is 28.9 Å². The van der Waals surface area contributed by atoms with Crippen LogP contribution in [0, 0.1) is 0 Å². The van der Waals surface area contributed by atoms with Crippen LogP contribution < -0.4 is 10.1 Å². The minimum absolute atomic E-state index is 0.0501. The van der Waals surface area contributed by atoms with E-state index < -0.39 is 6.10 Å². The van der Waals surface area contributed by atoms with Gasteiger partial charge in [-0.25, -0.2) is 0 Å². The molecule has 2 N–H and O–H groups in total. The molecule has 1 unspecified atom stereocenters. The van der Waals surface area contributed by atoms with Crippen LogP contribution in [0.25, 0.3) is 11.0 Å². The quantitative estimate of drug-likeness (QED) is 0.686. The molecule has 1 atom stereocenters. The minimum atomic E-state index is -0.599. The molecule has 7 nitrogen and oxygen atoms in total. The fraction of sp³-hybridized carbons (Fsp3) is 0.609. The highest BCUT2D eigenvalue weighted by Gasteiger charge is 2.21. The van der Waals surface area contributed by atoms with Crippen LogP contribution in [0.1, 0.15) is 33.3 Å². The average molecular weight is 418 g/mol. The van der Waals surface area contributed by atoms with E-state index in [1.807, 2.05) is 23.1 Å². The first-order chi connectivity index (χ1) is 14.2. The molecule has 0 radical (unpaired) electrons. The van der Waals surface area contributed by atoms with Gasteiger partial charge >= 0.3 is 0 Å². The number of aliphatic hydroxyl groups is 1. The van der Waals surface area contributed by atoms with Gasteiger partial charge in [0.25, 0.3) is 0 Å². The normalized spacial score (nSPS) is 16.8. The van der Waals surface area contributed by atoms with Gasteiger partial charge in [-0.2, -0.15) is 0 Å². The van der Waals surface area contributed by atoms with Crippen molar-refractivity contribution in [2.75, 3.05) is 45.9 Å². The van der Waals surface area contributed by atoms with E-state index in [-0.39, 0.29) is 18.1 Å². The average Bonchev–Trinajstić information content (AvgIpc) is 3.12. The number of β-amino-alcohol motifs (C(OH)–C–C–N with tert-alkyl or cyclic N) is 1. The molecule has 30 heavy (non-hydrogen) atoms. The van der Waals surface area contributed by atoms with Crippen molar-refractivity contribution >= 4 is 16.9 Å². The highest BCUT2D eigenvalue weighted by molar-refractivity contribution is 5.88. The number of rotatable bonds is 8. The van der Waals surface area contributed by atoms with Crippen LogP contribution in [0.3, 0.4) is 0 Å². The molecule has 2 aromatic rings. The topological polar surface area (TPSA) is 78.2 Å². The second kappa shape index (κ2) is 9.81. The van der Waals surface area contributed by atoms with E-state index in [0.29, 0.717) is 24.3 Å². The lowest BCUT2D eigenvalue weighted by Crippen LogP contribution is -2.48. The zero-order valence-electron chi connectivity index (χ0n) is 18.6. The molecule has 1 aliphatic heterocycles. The van der Waals surface area contributed by atoms with Gasteiger partial charge < -0.3 is 29.4 Å². The summed E-state index contributed by atoms with van der Waals surface area (Å²) in [6.07, 6.45) is 1.41. The van der Waals surface area contributed by atoms with E-state index in [9.17, 15) is 9.90 Å². The van der Waals surface area contributed by atoms with Gasteiger partial charge in [0, 0.05) is 55.3 Å². The van der Waals surface area contributed by atoms with E-state index in [0.717, 1.165) is 43.7 Å². The van der Waals surface area contributed by atoms with Crippen LogP contribution >= 0.6 is 0 Å². The Labute approximate surface area is 179 Å². The summed E-state index contributed by atoms with van der Waals surface area (Å²) in [7, 11) is 0. The largest absolute Gasteiger partial charge is 0.491 e. The van der Waals surface area contributed by atoms with E-state index in [1.54, 1.807) is 6.26 Å². The van der Waals surface area contributed by atoms with E-state index in [1.165, 1.54) is 0 Å². The molecule has 0 saturated carbocycles. The van der Waals surface area contributed by atoms with Gasteiger partial charge in [-0.3, -0.25) is 4.79 Å². The minimum Gasteiger partial charge on any atom is -0.491 e. The molecule has 166 valence electrons. The van der Waals surface area contributed by atoms with Crippen LogP contribution in [0.5, 0.6) is 5.75 Å². The van der Waals surface area contributed by atoms with Gasteiger partial charge in [0.05, 0.1) is 12.7 Å². The number of hydrogen-bond donors (Lipinski definition) is 2. The van der Waals surface area contributed by atoms with Crippen molar-refractivity contribution in [3.8, 4) is 5.75 Å². The molecule has 2 heterocycles. The number of hydrogen-bond acceptors (Lipinski definition) is 6. The summed E-state index contributed by atoms with van der Waals surface area (Å²) < 4.78 is 11.4. The predicted molar refractivity (Wildman–Crippen MR) is 118 cm³/mol. The number of aliphatic hydroxyl groups excluding tert-OH is 1. The summed E-state index contributed by atoms with van der Waals surface area (Å²) in [5.74, 6) is 0.781. The molecule has 7 heteroatoms. The van der Waals surface area contributed by atoms with E-state index in [2.05, 4.69) is 37.9 Å². The number of likely N-dealkylation sites (N-methyl/N-ethyl adjacent to an activating group) is 1. The van der Waals surface area contributed by atoms with Gasteiger partial charge in [0.1, 0.15) is 24.0 Å². The summed E-state index contributed by atoms with van der Waals surface area (Å²) >= 11 is 0. The highest BCUT2D eigenvalue weighted by Crippen LogP contribution is 2.26. The third-order valence-electron chi connectivity index (χ3n) is 5.45. The standard InChI is InChI=1S/C23H35N3O4/c1-5-25-8-10-26(11-9-25)22(28)12-17-15-30-21-13-19(6-7-20(17)21)29-16-18(27)14-24-23(2,3)4/h6-7,13,15,18,24,27H,5,8-12,14,16H2,1-4H3. The van der Waals surface area contributed by atoms with Crippen molar-refractivity contribution in [1.82, 2.24) is 15.1 Å². The number of piperazine rings is 1. The molecule has 1 amide bonds. The number of ether oxygens (including phenoxy) is 1. The Morgan fingerprint density at radius 3 is 2.67 bits per heavy atom. The fourth-order valence-corrected chi connectivity index (χ4v) is 3.55. The molecule has 1 aromatic carbocycles. The molecule has 0 aliphatic carbocycles. The number of benzene rings is 1. The van der Waals surface area contributed by atoms with Crippen molar-refractivity contribution in [3.63, 3.8) is 0 Å². The van der Waals surface area contributed by atoms with Gasteiger partial charge in [-0.05, 0) is 39.4 Å². The van der Waals surface area contributed by atoms with Crippen LogP contribution in [0.4, 0.5) is 0 Å². The number of nitrogens with one attached hydrogen (secondary N) is 1. The van der Waals surface area contributed by atoms with E-state index >= 15 is 0 Å². The molecule has 1 saturated heterocycles. The zero-order valence-corrected chi connectivity index (χ0v) is 18.6. The fourth-order valence-electron chi connectivity index (χ4n) is 3.55. The summed E-state index contributed by atoms with van der Waals surface area (Å²) in [4.78, 5) is 17.0. The maximum Gasteiger partial charge on any atom is 0.227 e. The molecule has 0 bridgehead atoms. The first-order valence-electron chi connectivity index (χ1n) is 10.8. The molecule has 0 spiro atoms. The molecule has 3 rings (SSSR count). The maximum absolute atomic E-state index is 12.7. The van der Waals surface area contributed by atoms with E-state index in [4.69, 9.17) is 9.15 Å². The van der Waals surface area contributed by atoms with Crippen LogP contribution in [0.2, 0.25) is 0 Å². The van der Waals surface area contributed by atoms with Gasteiger partial charge in [-0.15, -0.1) is 0 Å². The Kier molecular flexibility index (Phi) is 7.39. The van der Waals surface area contributed by atoms with Gasteiger partial charge in [0.2, 0.25) is 5.91 Å². The Bertz CT molecular complexity index is 835. The lowest BCUT2D eigenvalue weighted by atomic mass is 10.1. The Morgan fingerprint density at radius 1 is 1.27 bits per heavy atom. The first kappa shape index (κ1) is 22.6. The molecule has 1 fully saturated rings. The molecule has 1 aliphatic rings. The number of nitrogens with zero attached hydrogens (tertiary/aromatic N) is 2. The Morgan fingerprint density at radius 2 is 2.00 bits per heavy atom. The highest BCUT2D eigenvalue weighted by atomic mass is 16.5. The van der Waals surface area contributed by atoms with Crippen molar-refractivity contribution in [2.24, 2.45) is 0 Å². The second-order valence-electron chi connectivity index (χ2n) is 9.01. The lowest BCUT2D eigenvalue weighted by Gasteiger charge is -2.34. The van der Waals surface area contributed by atoms with Crippen molar-refractivity contribution in [1.29, 1.82) is 0 Å². The number of amides is 1. The SMILES string of the molecule is CCN1CCN(C(=O)Cc2coc3cc(OCC(O)CNC(C)(C)C)ccc23)CC1. The van der Waals surface area contributed by atoms with Crippen molar-refractivity contribution in [2.45, 2.75) is 45.8 Å². The number of carbonyl (C=O) groups excluding carboxylic acids is 1. The second-order valence-corrected chi connectivity index (χ2v) is 9.01. The van der Waals surface area contributed by atoms with Crippen molar-refractivity contribution < 1.29 is 19.1 Å². The Hall–Kier alpha value is -2.09. The third-order valence-corrected chi connectivity index (χ3v) is 5.45. The zero-order chi connectivity index (χ0) is 21.7. The number of fused-ring (bicyclic) bond motifs is 1. The third kappa shape index (κ3) is 6.20. The summed E-state index contributed by atoms with van der Waals surface area (Å²) in [6, 6.07) is 5.59. The monoisotopic (exact) mass is 417 g/mol. The van der Waals surface area contributed by atoms with Gasteiger partial charge in [0.15, 0.2) is 0 Å². The van der Waals surface area contributed by atoms with Crippen LogP contribution in [-0.2, 0) is 11.2 Å². The molecular weight excluding hydrogens is 382 g/mol. The molecular formula is C23H35N3O4. The summed E-state index contributed by atoms with van der Waals surface area (Å²) in [5.41, 5.74) is 1.54. The lowest BCUT2D eigenvalue weighted by molar-refractivity contribution is -0.132. The first-order valence-corrected chi connectivity index (χ1v) is 10.8. The van der Waals surface area contributed by atoms with Crippen LogP contribution in [-0.4, -0.2) is 78.3 Å². The van der Waals surface area contributed by atoms with Crippen molar-refractivity contribution in [3.05, 3.63) is 30.0 Å². The maximum atomic E-state index is 12.7.